The highest BCUT2D eigenvalue weighted by atomic mass is 19.1. The summed E-state index contributed by atoms with van der Waals surface area (Å²) in [6.45, 7) is 8.28. The van der Waals surface area contributed by atoms with Crippen LogP contribution in [0.15, 0.2) is 18.2 Å². The molecule has 2 rings (SSSR count). The van der Waals surface area contributed by atoms with Crippen LogP contribution in [-0.2, 0) is 5.41 Å². The second-order valence-corrected chi connectivity index (χ2v) is 5.99. The molecule has 1 nitrogen and oxygen atoms in total. The van der Waals surface area contributed by atoms with Crippen LogP contribution in [0.3, 0.4) is 0 Å². The third-order valence-electron chi connectivity index (χ3n) is 3.90. The summed E-state index contributed by atoms with van der Waals surface area (Å²) in [5.74, 6) is 0.160. The minimum atomic E-state index is -0.505. The summed E-state index contributed by atoms with van der Waals surface area (Å²) < 4.78 is 26.6. The molecule has 0 heterocycles. The van der Waals surface area contributed by atoms with Crippen molar-refractivity contribution in [2.24, 2.45) is 11.8 Å². The maximum atomic E-state index is 13.7. The van der Waals surface area contributed by atoms with E-state index in [1.54, 1.807) is 6.07 Å². The molecule has 0 bridgehead atoms. The predicted molar refractivity (Wildman–Crippen MR) is 69.5 cm³/mol. The molecule has 0 saturated heterocycles. The Balaban J connectivity index is 1.98. The zero-order chi connectivity index (χ0) is 13.3. The van der Waals surface area contributed by atoms with Crippen molar-refractivity contribution < 1.29 is 8.78 Å². The van der Waals surface area contributed by atoms with Gasteiger partial charge in [-0.05, 0) is 48.4 Å². The van der Waals surface area contributed by atoms with Crippen molar-refractivity contribution in [1.29, 1.82) is 0 Å². The van der Waals surface area contributed by atoms with Gasteiger partial charge in [0, 0.05) is 6.07 Å². The molecule has 1 saturated carbocycles. The van der Waals surface area contributed by atoms with E-state index in [4.69, 9.17) is 0 Å². The number of halogens is 2. The largest absolute Gasteiger partial charge is 0.316 e. The average molecular weight is 253 g/mol. The lowest BCUT2D eigenvalue weighted by atomic mass is 9.95. The Labute approximate surface area is 108 Å². The Morgan fingerprint density at radius 1 is 1.39 bits per heavy atom. The number of hydrogen-bond acceptors (Lipinski definition) is 1. The van der Waals surface area contributed by atoms with E-state index < -0.39 is 11.6 Å². The fourth-order valence-electron chi connectivity index (χ4n) is 2.58. The van der Waals surface area contributed by atoms with Crippen LogP contribution < -0.4 is 5.32 Å². The van der Waals surface area contributed by atoms with Gasteiger partial charge in [0.15, 0.2) is 0 Å². The van der Waals surface area contributed by atoms with E-state index in [0.717, 1.165) is 25.6 Å². The molecule has 1 aromatic carbocycles. The molecule has 1 fully saturated rings. The molecular formula is C15H21F2N. The van der Waals surface area contributed by atoms with Gasteiger partial charge in [0.25, 0.3) is 0 Å². The van der Waals surface area contributed by atoms with Gasteiger partial charge in [-0.1, -0.05) is 26.8 Å². The Kier molecular flexibility index (Phi) is 3.71. The van der Waals surface area contributed by atoms with Gasteiger partial charge in [0.2, 0.25) is 0 Å². The first-order valence-electron chi connectivity index (χ1n) is 6.59. The summed E-state index contributed by atoms with van der Waals surface area (Å²) in [5, 5.41) is 3.41. The molecule has 2 atom stereocenters. The van der Waals surface area contributed by atoms with Crippen molar-refractivity contribution in [3.05, 3.63) is 35.4 Å². The minimum absolute atomic E-state index is 0.123. The molecule has 0 aliphatic heterocycles. The number of rotatable bonds is 5. The van der Waals surface area contributed by atoms with Crippen molar-refractivity contribution >= 4 is 0 Å². The maximum Gasteiger partial charge on any atom is 0.129 e. The van der Waals surface area contributed by atoms with Gasteiger partial charge in [-0.3, -0.25) is 0 Å². The standard InChI is InChI=1S/C15H21F2N/c1-10(2)8-18-9-11-7-15(11,3)13-5-4-12(16)6-14(13)17/h4-6,10-11,18H,7-9H2,1-3H3. The average Bonchev–Trinajstić information content (AvgIpc) is 2.89. The van der Waals surface area contributed by atoms with Crippen molar-refractivity contribution in [3.8, 4) is 0 Å². The quantitative estimate of drug-likeness (QED) is 0.847. The Hall–Kier alpha value is -0.960. The molecule has 1 aliphatic carbocycles. The van der Waals surface area contributed by atoms with E-state index in [-0.39, 0.29) is 5.41 Å². The first-order chi connectivity index (χ1) is 8.43. The summed E-state index contributed by atoms with van der Waals surface area (Å²) in [6.07, 6.45) is 0.973. The molecule has 1 N–H and O–H groups in total. The van der Waals surface area contributed by atoms with E-state index in [9.17, 15) is 8.78 Å². The second kappa shape index (κ2) is 4.96. The SMILES string of the molecule is CC(C)CNCC1CC1(C)c1ccc(F)cc1F. The van der Waals surface area contributed by atoms with Crippen LogP contribution in [0, 0.1) is 23.5 Å². The zero-order valence-electron chi connectivity index (χ0n) is 11.3. The fourth-order valence-corrected chi connectivity index (χ4v) is 2.58. The highest BCUT2D eigenvalue weighted by Crippen LogP contribution is 2.54. The van der Waals surface area contributed by atoms with Crippen LogP contribution in [0.2, 0.25) is 0 Å². The van der Waals surface area contributed by atoms with Crippen molar-refractivity contribution in [2.45, 2.75) is 32.6 Å². The summed E-state index contributed by atoms with van der Waals surface area (Å²) in [7, 11) is 0. The van der Waals surface area contributed by atoms with E-state index in [2.05, 4.69) is 26.1 Å². The monoisotopic (exact) mass is 253 g/mol. The van der Waals surface area contributed by atoms with Gasteiger partial charge in [-0.25, -0.2) is 8.78 Å². The molecule has 0 radical (unpaired) electrons. The Morgan fingerprint density at radius 3 is 2.72 bits per heavy atom. The minimum Gasteiger partial charge on any atom is -0.316 e. The van der Waals surface area contributed by atoms with Crippen molar-refractivity contribution in [2.75, 3.05) is 13.1 Å². The lowest BCUT2D eigenvalue weighted by Crippen LogP contribution is -2.24. The first-order valence-corrected chi connectivity index (χ1v) is 6.59. The van der Waals surface area contributed by atoms with Crippen molar-refractivity contribution in [3.63, 3.8) is 0 Å². The third-order valence-corrected chi connectivity index (χ3v) is 3.90. The zero-order valence-corrected chi connectivity index (χ0v) is 11.3. The van der Waals surface area contributed by atoms with E-state index in [0.29, 0.717) is 17.4 Å². The van der Waals surface area contributed by atoms with Gasteiger partial charge in [0.05, 0.1) is 0 Å². The smallest absolute Gasteiger partial charge is 0.129 e. The number of hydrogen-bond donors (Lipinski definition) is 1. The second-order valence-electron chi connectivity index (χ2n) is 5.99. The molecular weight excluding hydrogens is 232 g/mol. The molecule has 0 aromatic heterocycles. The lowest BCUT2D eigenvalue weighted by Gasteiger charge is -2.14. The van der Waals surface area contributed by atoms with E-state index in [1.165, 1.54) is 6.07 Å². The van der Waals surface area contributed by atoms with E-state index in [1.807, 2.05) is 0 Å². The van der Waals surface area contributed by atoms with Crippen LogP contribution in [0.4, 0.5) is 8.78 Å². The van der Waals surface area contributed by atoms with Crippen molar-refractivity contribution in [1.82, 2.24) is 5.32 Å². The summed E-state index contributed by atoms with van der Waals surface area (Å²) in [4.78, 5) is 0. The first kappa shape index (κ1) is 13.5. The molecule has 1 aliphatic rings. The normalized spacial score (nSPS) is 26.7. The molecule has 3 heteroatoms. The van der Waals surface area contributed by atoms with Crippen LogP contribution >= 0.6 is 0 Å². The number of nitrogens with one attached hydrogen (secondary N) is 1. The Bertz CT molecular complexity index is 431. The predicted octanol–water partition coefficient (Wildman–Crippen LogP) is 3.49. The molecule has 1 aromatic rings. The van der Waals surface area contributed by atoms with Gasteiger partial charge < -0.3 is 5.32 Å². The van der Waals surface area contributed by atoms with Crippen LogP contribution in [0.1, 0.15) is 32.8 Å². The maximum absolute atomic E-state index is 13.7. The van der Waals surface area contributed by atoms with Crippen LogP contribution in [0.5, 0.6) is 0 Å². The molecule has 2 unspecified atom stereocenters. The fraction of sp³-hybridized carbons (Fsp3) is 0.600. The molecule has 100 valence electrons. The molecule has 18 heavy (non-hydrogen) atoms. The van der Waals surface area contributed by atoms with Crippen LogP contribution in [0.25, 0.3) is 0 Å². The summed E-state index contributed by atoms with van der Waals surface area (Å²) in [6, 6.07) is 3.92. The highest BCUT2D eigenvalue weighted by Gasteiger charge is 2.51. The topological polar surface area (TPSA) is 12.0 Å². The Morgan fingerprint density at radius 2 is 2.11 bits per heavy atom. The molecule has 0 amide bonds. The number of benzene rings is 1. The molecule has 0 spiro atoms. The van der Waals surface area contributed by atoms with Gasteiger partial charge in [0.1, 0.15) is 11.6 Å². The summed E-state index contributed by atoms with van der Waals surface area (Å²) in [5.41, 5.74) is 0.530. The van der Waals surface area contributed by atoms with Crippen LogP contribution in [-0.4, -0.2) is 13.1 Å². The van der Waals surface area contributed by atoms with Gasteiger partial charge in [-0.2, -0.15) is 0 Å². The third kappa shape index (κ3) is 2.72. The summed E-state index contributed by atoms with van der Waals surface area (Å²) >= 11 is 0. The van der Waals surface area contributed by atoms with Gasteiger partial charge in [-0.15, -0.1) is 0 Å². The van der Waals surface area contributed by atoms with E-state index >= 15 is 0 Å². The van der Waals surface area contributed by atoms with Gasteiger partial charge >= 0.3 is 0 Å². The highest BCUT2D eigenvalue weighted by molar-refractivity contribution is 5.34. The lowest BCUT2D eigenvalue weighted by molar-refractivity contribution is 0.502.